The Bertz CT molecular complexity index is 774. The number of nitrogens with one attached hydrogen (secondary N) is 1. The Kier molecular flexibility index (Phi) is 7.20. The second-order valence-corrected chi connectivity index (χ2v) is 7.24. The number of unbranched alkanes of at least 4 members (excludes halogenated alkanes) is 2. The molecule has 3 N–H and O–H groups in total. The SMILES string of the molecule is NCCCCCNC(=O)C1CCCN1C(=O)c1ccc(-c2ccccc2)cc1. The van der Waals surface area contributed by atoms with Crippen LogP contribution in [0, 0.1) is 0 Å². The maximum atomic E-state index is 13.0. The van der Waals surface area contributed by atoms with Gasteiger partial charge in [0.25, 0.3) is 5.91 Å². The minimum Gasteiger partial charge on any atom is -0.354 e. The van der Waals surface area contributed by atoms with Crippen LogP contribution in [0.25, 0.3) is 11.1 Å². The van der Waals surface area contributed by atoms with Crippen molar-refractivity contribution in [3.63, 3.8) is 0 Å². The number of carbonyl (C=O) groups is 2. The molecule has 1 heterocycles. The average Bonchev–Trinajstić information content (AvgIpc) is 3.24. The zero-order valence-electron chi connectivity index (χ0n) is 16.3. The molecule has 1 saturated heterocycles. The fraction of sp³-hybridized carbons (Fsp3) is 0.391. The molecule has 5 heteroatoms. The molecule has 1 unspecified atom stereocenters. The van der Waals surface area contributed by atoms with Crippen molar-refractivity contribution in [2.24, 2.45) is 5.73 Å². The first-order valence-corrected chi connectivity index (χ1v) is 10.1. The monoisotopic (exact) mass is 379 g/mol. The molecule has 0 bridgehead atoms. The largest absolute Gasteiger partial charge is 0.354 e. The molecular formula is C23H29N3O2. The molecule has 0 radical (unpaired) electrons. The molecule has 1 aliphatic heterocycles. The first kappa shape index (κ1) is 20.1. The first-order valence-electron chi connectivity index (χ1n) is 10.1. The van der Waals surface area contributed by atoms with Crippen LogP contribution in [0.3, 0.4) is 0 Å². The smallest absolute Gasteiger partial charge is 0.254 e. The highest BCUT2D eigenvalue weighted by atomic mass is 16.2. The molecule has 2 aromatic carbocycles. The van der Waals surface area contributed by atoms with Crippen molar-refractivity contribution in [1.29, 1.82) is 0 Å². The molecule has 0 saturated carbocycles. The standard InChI is InChI=1S/C23H29N3O2/c24-15-5-2-6-16-25-22(27)21-10-7-17-26(21)23(28)20-13-11-19(12-14-20)18-8-3-1-4-9-18/h1,3-4,8-9,11-14,21H,2,5-7,10,15-17,24H2,(H,25,27). The normalized spacial score (nSPS) is 16.2. The van der Waals surface area contributed by atoms with Crippen molar-refractivity contribution in [1.82, 2.24) is 10.2 Å². The Morgan fingerprint density at radius 2 is 1.68 bits per heavy atom. The minimum atomic E-state index is -0.365. The number of nitrogens with two attached hydrogens (primary N) is 1. The Morgan fingerprint density at radius 1 is 0.964 bits per heavy atom. The fourth-order valence-corrected chi connectivity index (χ4v) is 3.66. The van der Waals surface area contributed by atoms with Gasteiger partial charge in [0.15, 0.2) is 0 Å². The minimum absolute atomic E-state index is 0.0421. The van der Waals surface area contributed by atoms with E-state index in [-0.39, 0.29) is 17.9 Å². The summed E-state index contributed by atoms with van der Waals surface area (Å²) in [6.45, 7) is 1.95. The number of hydrogen-bond donors (Lipinski definition) is 2. The van der Waals surface area contributed by atoms with Gasteiger partial charge in [-0.15, -0.1) is 0 Å². The van der Waals surface area contributed by atoms with Crippen LogP contribution in [-0.2, 0) is 4.79 Å². The number of likely N-dealkylation sites (tertiary alicyclic amines) is 1. The zero-order valence-corrected chi connectivity index (χ0v) is 16.3. The van der Waals surface area contributed by atoms with Crippen LogP contribution in [0.1, 0.15) is 42.5 Å². The van der Waals surface area contributed by atoms with Gasteiger partial charge in [-0.2, -0.15) is 0 Å². The van der Waals surface area contributed by atoms with Gasteiger partial charge in [0.1, 0.15) is 6.04 Å². The van der Waals surface area contributed by atoms with E-state index in [2.05, 4.69) is 5.32 Å². The molecule has 148 valence electrons. The van der Waals surface area contributed by atoms with Crippen LogP contribution in [0.5, 0.6) is 0 Å². The Morgan fingerprint density at radius 3 is 2.39 bits per heavy atom. The highest BCUT2D eigenvalue weighted by molar-refractivity contribution is 5.98. The summed E-state index contributed by atoms with van der Waals surface area (Å²) < 4.78 is 0. The van der Waals surface area contributed by atoms with E-state index in [4.69, 9.17) is 5.73 Å². The van der Waals surface area contributed by atoms with Gasteiger partial charge in [-0.25, -0.2) is 0 Å². The van der Waals surface area contributed by atoms with Crippen LogP contribution in [0.15, 0.2) is 54.6 Å². The van der Waals surface area contributed by atoms with Crippen molar-refractivity contribution in [2.45, 2.75) is 38.1 Å². The molecule has 0 spiro atoms. The molecule has 3 rings (SSSR count). The van der Waals surface area contributed by atoms with Crippen molar-refractivity contribution in [2.75, 3.05) is 19.6 Å². The van der Waals surface area contributed by atoms with Crippen molar-refractivity contribution in [3.8, 4) is 11.1 Å². The Balaban J connectivity index is 1.60. The van der Waals surface area contributed by atoms with Crippen molar-refractivity contribution < 1.29 is 9.59 Å². The summed E-state index contributed by atoms with van der Waals surface area (Å²) in [7, 11) is 0. The van der Waals surface area contributed by atoms with Gasteiger partial charge >= 0.3 is 0 Å². The van der Waals surface area contributed by atoms with Gasteiger partial charge in [-0.05, 0) is 55.5 Å². The lowest BCUT2D eigenvalue weighted by molar-refractivity contribution is -0.124. The zero-order chi connectivity index (χ0) is 19.8. The van der Waals surface area contributed by atoms with Gasteiger partial charge < -0.3 is 16.0 Å². The molecule has 2 amide bonds. The van der Waals surface area contributed by atoms with Crippen LogP contribution in [-0.4, -0.2) is 42.4 Å². The third-order valence-corrected chi connectivity index (χ3v) is 5.24. The topological polar surface area (TPSA) is 75.4 Å². The van der Waals surface area contributed by atoms with E-state index in [1.54, 1.807) is 4.90 Å². The van der Waals surface area contributed by atoms with E-state index < -0.39 is 0 Å². The van der Waals surface area contributed by atoms with Gasteiger partial charge in [0.2, 0.25) is 5.91 Å². The summed E-state index contributed by atoms with van der Waals surface area (Å²) >= 11 is 0. The van der Waals surface area contributed by atoms with Crippen LogP contribution < -0.4 is 11.1 Å². The van der Waals surface area contributed by atoms with E-state index in [9.17, 15) is 9.59 Å². The third kappa shape index (κ3) is 4.98. The molecule has 28 heavy (non-hydrogen) atoms. The molecule has 0 aromatic heterocycles. The summed E-state index contributed by atoms with van der Waals surface area (Å²) in [5, 5.41) is 2.98. The molecule has 5 nitrogen and oxygen atoms in total. The van der Waals surface area contributed by atoms with E-state index in [0.29, 0.717) is 25.2 Å². The number of nitrogens with zero attached hydrogens (tertiary/aromatic N) is 1. The first-order chi connectivity index (χ1) is 13.7. The van der Waals surface area contributed by atoms with E-state index in [1.807, 2.05) is 54.6 Å². The summed E-state index contributed by atoms with van der Waals surface area (Å²) in [5.41, 5.74) is 8.31. The van der Waals surface area contributed by atoms with Gasteiger partial charge in [-0.1, -0.05) is 48.9 Å². The van der Waals surface area contributed by atoms with Crippen LogP contribution >= 0.6 is 0 Å². The summed E-state index contributed by atoms with van der Waals surface area (Å²) in [6, 6.07) is 17.3. The second kappa shape index (κ2) is 10.0. The molecule has 1 atom stereocenters. The predicted molar refractivity (Wildman–Crippen MR) is 112 cm³/mol. The molecule has 1 fully saturated rings. The Hall–Kier alpha value is -2.66. The lowest BCUT2D eigenvalue weighted by Crippen LogP contribution is -2.46. The third-order valence-electron chi connectivity index (χ3n) is 5.24. The molecule has 1 aliphatic rings. The average molecular weight is 380 g/mol. The summed E-state index contributed by atoms with van der Waals surface area (Å²) in [6.07, 6.45) is 4.49. The lowest BCUT2D eigenvalue weighted by atomic mass is 10.0. The molecular weight excluding hydrogens is 350 g/mol. The molecule has 2 aromatic rings. The maximum Gasteiger partial charge on any atom is 0.254 e. The lowest BCUT2D eigenvalue weighted by Gasteiger charge is -2.24. The number of carbonyl (C=O) groups excluding carboxylic acids is 2. The number of hydrogen-bond acceptors (Lipinski definition) is 3. The second-order valence-electron chi connectivity index (χ2n) is 7.24. The van der Waals surface area contributed by atoms with Crippen molar-refractivity contribution >= 4 is 11.8 Å². The fourth-order valence-electron chi connectivity index (χ4n) is 3.66. The van der Waals surface area contributed by atoms with Gasteiger partial charge in [-0.3, -0.25) is 9.59 Å². The summed E-state index contributed by atoms with van der Waals surface area (Å²) in [4.78, 5) is 27.2. The molecule has 0 aliphatic carbocycles. The highest BCUT2D eigenvalue weighted by Crippen LogP contribution is 2.23. The summed E-state index contributed by atoms with van der Waals surface area (Å²) in [5.74, 6) is -0.111. The number of rotatable bonds is 8. The van der Waals surface area contributed by atoms with E-state index >= 15 is 0 Å². The number of benzene rings is 2. The quantitative estimate of drug-likeness (QED) is 0.692. The van der Waals surface area contributed by atoms with E-state index in [1.165, 1.54) is 0 Å². The maximum absolute atomic E-state index is 13.0. The van der Waals surface area contributed by atoms with Crippen LogP contribution in [0.2, 0.25) is 0 Å². The Labute approximate surface area is 166 Å². The van der Waals surface area contributed by atoms with Gasteiger partial charge in [0.05, 0.1) is 0 Å². The van der Waals surface area contributed by atoms with Gasteiger partial charge in [0, 0.05) is 18.7 Å². The van der Waals surface area contributed by atoms with Crippen LogP contribution in [0.4, 0.5) is 0 Å². The van der Waals surface area contributed by atoms with E-state index in [0.717, 1.165) is 43.2 Å². The van der Waals surface area contributed by atoms with Crippen molar-refractivity contribution in [3.05, 3.63) is 60.2 Å². The number of amides is 2. The highest BCUT2D eigenvalue weighted by Gasteiger charge is 2.34. The predicted octanol–water partition coefficient (Wildman–Crippen LogP) is 3.20.